The standard InChI is InChI=1S/C28H34O5/c1-17(2)32-23-12-7-10-19(5)25(23)20-16-21(28-27(20)30-14-9-15-31-28)26-22(29-6)11-8-13-24(26)33-18(3)4/h7-8,10-13,17-18H,9,14-16H2,1-6H3. The van der Waals surface area contributed by atoms with Gasteiger partial charge in [-0.1, -0.05) is 18.2 Å². The third-order valence-electron chi connectivity index (χ3n) is 5.66. The van der Waals surface area contributed by atoms with Crippen LogP contribution in [-0.2, 0) is 9.47 Å². The summed E-state index contributed by atoms with van der Waals surface area (Å²) in [6, 6.07) is 12.1. The molecule has 0 N–H and O–H groups in total. The van der Waals surface area contributed by atoms with Crippen molar-refractivity contribution in [3.63, 3.8) is 0 Å². The van der Waals surface area contributed by atoms with Gasteiger partial charge in [-0.2, -0.15) is 0 Å². The van der Waals surface area contributed by atoms with E-state index < -0.39 is 0 Å². The van der Waals surface area contributed by atoms with Gasteiger partial charge >= 0.3 is 0 Å². The highest BCUT2D eigenvalue weighted by atomic mass is 16.5. The van der Waals surface area contributed by atoms with E-state index in [1.165, 1.54) is 0 Å². The van der Waals surface area contributed by atoms with Crippen molar-refractivity contribution in [1.82, 2.24) is 0 Å². The van der Waals surface area contributed by atoms with Crippen LogP contribution in [-0.4, -0.2) is 32.5 Å². The fraction of sp³-hybridized carbons (Fsp3) is 0.429. The van der Waals surface area contributed by atoms with Crippen molar-refractivity contribution in [2.45, 2.75) is 59.7 Å². The van der Waals surface area contributed by atoms with Crippen LogP contribution >= 0.6 is 0 Å². The fourth-order valence-corrected chi connectivity index (χ4v) is 4.44. The summed E-state index contributed by atoms with van der Waals surface area (Å²) in [5.74, 6) is 3.97. The predicted octanol–water partition coefficient (Wildman–Crippen LogP) is 6.54. The van der Waals surface area contributed by atoms with Gasteiger partial charge in [-0.25, -0.2) is 0 Å². The summed E-state index contributed by atoms with van der Waals surface area (Å²) < 4.78 is 30.8. The van der Waals surface area contributed by atoms with Crippen molar-refractivity contribution in [1.29, 1.82) is 0 Å². The highest BCUT2D eigenvalue weighted by Crippen LogP contribution is 2.51. The lowest BCUT2D eigenvalue weighted by Crippen LogP contribution is -2.09. The van der Waals surface area contributed by atoms with Crippen LogP contribution in [0.1, 0.15) is 57.2 Å². The van der Waals surface area contributed by atoms with E-state index in [-0.39, 0.29) is 12.2 Å². The summed E-state index contributed by atoms with van der Waals surface area (Å²) in [6.07, 6.45) is 1.57. The summed E-state index contributed by atoms with van der Waals surface area (Å²) >= 11 is 0. The maximum absolute atomic E-state index is 6.31. The van der Waals surface area contributed by atoms with Gasteiger partial charge in [0, 0.05) is 29.6 Å². The average Bonchev–Trinajstić information content (AvgIpc) is 2.93. The van der Waals surface area contributed by atoms with Crippen LogP contribution in [0.4, 0.5) is 0 Å². The first-order valence-electron chi connectivity index (χ1n) is 11.7. The van der Waals surface area contributed by atoms with Crippen LogP contribution in [0, 0.1) is 6.92 Å². The van der Waals surface area contributed by atoms with Gasteiger partial charge in [0.25, 0.3) is 0 Å². The van der Waals surface area contributed by atoms with E-state index in [1.54, 1.807) is 7.11 Å². The molecular weight excluding hydrogens is 416 g/mol. The second-order valence-corrected chi connectivity index (χ2v) is 8.96. The Kier molecular flexibility index (Phi) is 6.87. The van der Waals surface area contributed by atoms with E-state index in [2.05, 4.69) is 13.0 Å². The predicted molar refractivity (Wildman–Crippen MR) is 131 cm³/mol. The molecule has 5 nitrogen and oxygen atoms in total. The summed E-state index contributed by atoms with van der Waals surface area (Å²) in [5, 5.41) is 0. The normalized spacial score (nSPS) is 15.9. The van der Waals surface area contributed by atoms with Gasteiger partial charge in [0.15, 0.2) is 11.5 Å². The van der Waals surface area contributed by atoms with Crippen LogP contribution in [0.5, 0.6) is 17.2 Å². The fourth-order valence-electron chi connectivity index (χ4n) is 4.44. The van der Waals surface area contributed by atoms with Gasteiger partial charge in [0.1, 0.15) is 17.2 Å². The van der Waals surface area contributed by atoms with Crippen molar-refractivity contribution in [3.05, 3.63) is 64.6 Å². The number of methoxy groups -OCH3 is 1. The third-order valence-corrected chi connectivity index (χ3v) is 5.66. The maximum Gasteiger partial charge on any atom is 0.165 e. The van der Waals surface area contributed by atoms with Gasteiger partial charge in [-0.05, 0) is 58.4 Å². The molecule has 0 aromatic heterocycles. The van der Waals surface area contributed by atoms with Crippen LogP contribution in [0.3, 0.4) is 0 Å². The summed E-state index contributed by atoms with van der Waals surface area (Å²) in [7, 11) is 1.69. The number of aryl methyl sites for hydroxylation is 1. The van der Waals surface area contributed by atoms with Crippen molar-refractivity contribution in [3.8, 4) is 17.2 Å². The van der Waals surface area contributed by atoms with Crippen LogP contribution in [0.15, 0.2) is 47.9 Å². The Morgan fingerprint density at radius 3 is 1.82 bits per heavy atom. The molecule has 0 bridgehead atoms. The number of hydrogen-bond donors (Lipinski definition) is 0. The molecule has 1 fully saturated rings. The molecule has 33 heavy (non-hydrogen) atoms. The summed E-state index contributed by atoms with van der Waals surface area (Å²) in [6.45, 7) is 11.5. The minimum absolute atomic E-state index is 0.0310. The zero-order valence-corrected chi connectivity index (χ0v) is 20.5. The number of ether oxygens (including phenoxy) is 5. The zero-order chi connectivity index (χ0) is 23.5. The van der Waals surface area contributed by atoms with Gasteiger partial charge in [0.2, 0.25) is 0 Å². The molecule has 2 aromatic carbocycles. The zero-order valence-electron chi connectivity index (χ0n) is 20.5. The van der Waals surface area contributed by atoms with Crippen molar-refractivity contribution in [2.75, 3.05) is 20.3 Å². The first-order chi connectivity index (χ1) is 15.9. The highest BCUT2D eigenvalue weighted by molar-refractivity contribution is 5.95. The largest absolute Gasteiger partial charge is 0.496 e. The number of rotatable bonds is 7. The molecular formula is C28H34O5. The van der Waals surface area contributed by atoms with Gasteiger partial charge < -0.3 is 23.7 Å². The molecule has 0 saturated carbocycles. The number of benzene rings is 2. The maximum atomic E-state index is 6.31. The van der Waals surface area contributed by atoms with E-state index in [1.807, 2.05) is 58.0 Å². The minimum atomic E-state index is 0.0310. The highest BCUT2D eigenvalue weighted by Gasteiger charge is 2.35. The van der Waals surface area contributed by atoms with Crippen LogP contribution < -0.4 is 14.2 Å². The van der Waals surface area contributed by atoms with Crippen LogP contribution in [0.25, 0.3) is 11.1 Å². The van der Waals surface area contributed by atoms with E-state index in [4.69, 9.17) is 23.7 Å². The summed E-state index contributed by atoms with van der Waals surface area (Å²) in [4.78, 5) is 0. The molecule has 0 unspecified atom stereocenters. The summed E-state index contributed by atoms with van der Waals surface area (Å²) in [5.41, 5.74) is 5.23. The Morgan fingerprint density at radius 1 is 0.727 bits per heavy atom. The SMILES string of the molecule is COc1cccc(OC(C)C)c1C1=C2OCCCOC2=C(c2c(C)cccc2OC(C)C)C1. The number of hydrogen-bond acceptors (Lipinski definition) is 5. The third kappa shape index (κ3) is 4.68. The molecule has 1 heterocycles. The molecule has 0 amide bonds. The Bertz CT molecular complexity index is 1080. The molecule has 0 radical (unpaired) electrons. The lowest BCUT2D eigenvalue weighted by molar-refractivity contribution is 0.224. The molecule has 1 saturated heterocycles. The van der Waals surface area contributed by atoms with Crippen molar-refractivity contribution >= 4 is 11.1 Å². The Balaban J connectivity index is 1.89. The Labute approximate surface area is 197 Å². The molecule has 1 aliphatic carbocycles. The molecule has 2 aromatic rings. The molecule has 5 heteroatoms. The molecule has 1 aliphatic heterocycles. The van der Waals surface area contributed by atoms with Crippen molar-refractivity contribution in [2.24, 2.45) is 0 Å². The smallest absolute Gasteiger partial charge is 0.165 e. The average molecular weight is 451 g/mol. The Morgan fingerprint density at radius 2 is 1.24 bits per heavy atom. The Hall–Kier alpha value is -3.08. The molecule has 176 valence electrons. The topological polar surface area (TPSA) is 46.2 Å². The van der Waals surface area contributed by atoms with Gasteiger partial charge in [-0.15, -0.1) is 0 Å². The lowest BCUT2D eigenvalue weighted by atomic mass is 9.94. The second kappa shape index (κ2) is 9.82. The van der Waals surface area contributed by atoms with Gasteiger partial charge in [0.05, 0.1) is 38.1 Å². The van der Waals surface area contributed by atoms with E-state index in [9.17, 15) is 0 Å². The molecule has 0 spiro atoms. The first kappa shape index (κ1) is 23.1. The first-order valence-corrected chi connectivity index (χ1v) is 11.7. The molecule has 0 atom stereocenters. The monoisotopic (exact) mass is 450 g/mol. The van der Waals surface area contributed by atoms with Crippen molar-refractivity contribution < 1.29 is 23.7 Å². The quantitative estimate of drug-likeness (QED) is 0.479. The molecule has 2 aliphatic rings. The van der Waals surface area contributed by atoms with E-state index in [0.29, 0.717) is 19.6 Å². The van der Waals surface area contributed by atoms with Gasteiger partial charge in [-0.3, -0.25) is 0 Å². The van der Waals surface area contributed by atoms with E-state index in [0.717, 1.165) is 63.0 Å². The molecule has 4 rings (SSSR count). The number of allylic oxidation sites excluding steroid dienone is 2. The number of fused-ring (bicyclic) bond motifs is 1. The lowest BCUT2D eigenvalue weighted by Gasteiger charge is -2.20. The van der Waals surface area contributed by atoms with Crippen LogP contribution in [0.2, 0.25) is 0 Å². The second-order valence-electron chi connectivity index (χ2n) is 8.96. The minimum Gasteiger partial charge on any atom is -0.496 e. The van der Waals surface area contributed by atoms with E-state index >= 15 is 0 Å².